The van der Waals surface area contributed by atoms with Crippen LogP contribution in [0.1, 0.15) is 11.1 Å². The van der Waals surface area contributed by atoms with Gasteiger partial charge in [0, 0.05) is 14.6 Å². The van der Waals surface area contributed by atoms with Crippen LogP contribution in [0.2, 0.25) is 0 Å². The maximum atomic E-state index is 4.38. The first-order chi connectivity index (χ1) is 9.61. The minimum atomic E-state index is 0.846. The molecule has 0 saturated heterocycles. The Kier molecular flexibility index (Phi) is 3.56. The highest BCUT2D eigenvalue weighted by molar-refractivity contribution is 14.1. The van der Waals surface area contributed by atoms with E-state index in [-0.39, 0.29) is 0 Å². The molecule has 3 rings (SSSR count). The molecule has 0 unspecified atom stereocenters. The van der Waals surface area contributed by atoms with Gasteiger partial charge in [-0.05, 0) is 77.9 Å². The molecule has 0 saturated carbocycles. The Morgan fingerprint density at radius 2 is 1.70 bits per heavy atom. The van der Waals surface area contributed by atoms with Gasteiger partial charge in [0.15, 0.2) is 0 Å². The molecule has 0 fully saturated rings. The van der Waals surface area contributed by atoms with Gasteiger partial charge >= 0.3 is 0 Å². The van der Waals surface area contributed by atoms with Crippen molar-refractivity contribution in [2.45, 2.75) is 13.8 Å². The molecule has 0 aliphatic heterocycles. The van der Waals surface area contributed by atoms with Gasteiger partial charge in [0.05, 0.1) is 5.52 Å². The summed E-state index contributed by atoms with van der Waals surface area (Å²) in [5.74, 6) is 0.846. The number of nitrogens with zero attached hydrogens (tertiary/aromatic N) is 2. The summed E-state index contributed by atoms with van der Waals surface area (Å²) in [6.07, 6.45) is 1.60. The van der Waals surface area contributed by atoms with Crippen molar-refractivity contribution in [1.82, 2.24) is 9.97 Å². The van der Waals surface area contributed by atoms with Crippen LogP contribution >= 0.6 is 22.6 Å². The molecule has 1 aromatic heterocycles. The summed E-state index contributed by atoms with van der Waals surface area (Å²) in [5, 5.41) is 4.44. The fraction of sp³-hybridized carbons (Fsp3) is 0.125. The van der Waals surface area contributed by atoms with E-state index in [1.807, 2.05) is 6.07 Å². The van der Waals surface area contributed by atoms with Crippen molar-refractivity contribution in [1.29, 1.82) is 0 Å². The van der Waals surface area contributed by atoms with Crippen molar-refractivity contribution in [3.05, 3.63) is 57.4 Å². The summed E-state index contributed by atoms with van der Waals surface area (Å²) in [5.41, 5.74) is 4.48. The van der Waals surface area contributed by atoms with Crippen LogP contribution in [-0.4, -0.2) is 9.97 Å². The maximum Gasteiger partial charge on any atom is 0.141 e. The zero-order valence-electron chi connectivity index (χ0n) is 11.3. The van der Waals surface area contributed by atoms with Crippen LogP contribution < -0.4 is 5.32 Å². The Balaban J connectivity index is 2.08. The molecule has 0 bridgehead atoms. The van der Waals surface area contributed by atoms with Gasteiger partial charge in [-0.3, -0.25) is 0 Å². The summed E-state index contributed by atoms with van der Waals surface area (Å²) in [6, 6.07) is 12.6. The molecular weight excluding hydrogens is 361 g/mol. The molecule has 0 spiro atoms. The number of benzene rings is 2. The number of halogens is 1. The highest BCUT2D eigenvalue weighted by Crippen LogP contribution is 2.25. The van der Waals surface area contributed by atoms with E-state index in [1.165, 1.54) is 14.7 Å². The van der Waals surface area contributed by atoms with Crippen LogP contribution in [0, 0.1) is 17.4 Å². The normalized spacial score (nSPS) is 10.8. The second-order valence-electron chi connectivity index (χ2n) is 4.89. The maximum absolute atomic E-state index is 4.38. The Bertz CT molecular complexity index is 764. The SMILES string of the molecule is Cc1cc(C)cc(Nc2ncnc3ccc(I)cc23)c1. The van der Waals surface area contributed by atoms with Crippen molar-refractivity contribution in [3.8, 4) is 0 Å². The molecule has 3 nitrogen and oxygen atoms in total. The third kappa shape index (κ3) is 2.75. The number of rotatable bonds is 2. The largest absolute Gasteiger partial charge is 0.340 e. The summed E-state index contributed by atoms with van der Waals surface area (Å²) in [7, 11) is 0. The summed E-state index contributed by atoms with van der Waals surface area (Å²) < 4.78 is 1.17. The van der Waals surface area contributed by atoms with E-state index in [4.69, 9.17) is 0 Å². The van der Waals surface area contributed by atoms with Crippen LogP contribution in [0.25, 0.3) is 10.9 Å². The van der Waals surface area contributed by atoms with E-state index in [0.29, 0.717) is 0 Å². The Morgan fingerprint density at radius 1 is 0.950 bits per heavy atom. The highest BCUT2D eigenvalue weighted by atomic mass is 127. The zero-order chi connectivity index (χ0) is 14.1. The Labute approximate surface area is 131 Å². The summed E-state index contributed by atoms with van der Waals surface area (Å²) in [4.78, 5) is 8.68. The van der Waals surface area contributed by atoms with Crippen LogP contribution in [0.5, 0.6) is 0 Å². The van der Waals surface area contributed by atoms with Gasteiger partial charge < -0.3 is 5.32 Å². The molecule has 100 valence electrons. The fourth-order valence-electron chi connectivity index (χ4n) is 2.31. The lowest BCUT2D eigenvalue weighted by atomic mass is 10.1. The number of fused-ring (bicyclic) bond motifs is 1. The average molecular weight is 375 g/mol. The number of hydrogen-bond donors (Lipinski definition) is 1. The van der Waals surface area contributed by atoms with Crippen molar-refractivity contribution < 1.29 is 0 Å². The first kappa shape index (κ1) is 13.3. The topological polar surface area (TPSA) is 37.8 Å². The summed E-state index contributed by atoms with van der Waals surface area (Å²) >= 11 is 2.30. The van der Waals surface area contributed by atoms with E-state index in [1.54, 1.807) is 6.33 Å². The minimum Gasteiger partial charge on any atom is -0.340 e. The van der Waals surface area contributed by atoms with Crippen LogP contribution in [0.4, 0.5) is 11.5 Å². The van der Waals surface area contributed by atoms with E-state index >= 15 is 0 Å². The van der Waals surface area contributed by atoms with E-state index in [9.17, 15) is 0 Å². The summed E-state index contributed by atoms with van der Waals surface area (Å²) in [6.45, 7) is 4.19. The second-order valence-corrected chi connectivity index (χ2v) is 6.13. The molecule has 0 radical (unpaired) electrons. The third-order valence-electron chi connectivity index (χ3n) is 3.08. The monoisotopic (exact) mass is 375 g/mol. The molecule has 1 N–H and O–H groups in total. The van der Waals surface area contributed by atoms with E-state index < -0.39 is 0 Å². The predicted octanol–water partition coefficient (Wildman–Crippen LogP) is 4.59. The number of aryl methyl sites for hydroxylation is 2. The lowest BCUT2D eigenvalue weighted by Gasteiger charge is -2.10. The number of hydrogen-bond acceptors (Lipinski definition) is 3. The molecule has 20 heavy (non-hydrogen) atoms. The van der Waals surface area contributed by atoms with Gasteiger partial charge in [-0.25, -0.2) is 9.97 Å². The number of anilines is 2. The molecule has 2 aromatic carbocycles. The van der Waals surface area contributed by atoms with Gasteiger partial charge in [0.2, 0.25) is 0 Å². The standard InChI is InChI=1S/C16H14IN3/c1-10-5-11(2)7-13(6-10)20-16-14-8-12(17)3-4-15(14)18-9-19-16/h3-9H,1-2H3,(H,18,19,20). The van der Waals surface area contributed by atoms with Gasteiger partial charge in [-0.2, -0.15) is 0 Å². The number of nitrogens with one attached hydrogen (secondary N) is 1. The van der Waals surface area contributed by atoms with Gasteiger partial charge in [-0.15, -0.1) is 0 Å². The van der Waals surface area contributed by atoms with Crippen molar-refractivity contribution in [3.63, 3.8) is 0 Å². The lowest BCUT2D eigenvalue weighted by molar-refractivity contribution is 1.21. The molecule has 0 atom stereocenters. The average Bonchev–Trinajstić information content (AvgIpc) is 2.38. The predicted molar refractivity (Wildman–Crippen MR) is 91.5 cm³/mol. The molecule has 0 amide bonds. The highest BCUT2D eigenvalue weighted by Gasteiger charge is 2.05. The Morgan fingerprint density at radius 3 is 2.45 bits per heavy atom. The van der Waals surface area contributed by atoms with Crippen molar-refractivity contribution in [2.75, 3.05) is 5.32 Å². The van der Waals surface area contributed by atoms with Crippen molar-refractivity contribution in [2.24, 2.45) is 0 Å². The van der Waals surface area contributed by atoms with Gasteiger partial charge in [0.1, 0.15) is 12.1 Å². The lowest BCUT2D eigenvalue weighted by Crippen LogP contribution is -1.97. The van der Waals surface area contributed by atoms with Crippen LogP contribution in [-0.2, 0) is 0 Å². The van der Waals surface area contributed by atoms with Crippen LogP contribution in [0.15, 0.2) is 42.7 Å². The smallest absolute Gasteiger partial charge is 0.141 e. The van der Waals surface area contributed by atoms with Crippen molar-refractivity contribution >= 4 is 45.0 Å². The van der Waals surface area contributed by atoms with Gasteiger partial charge in [-0.1, -0.05) is 6.07 Å². The zero-order valence-corrected chi connectivity index (χ0v) is 13.5. The van der Waals surface area contributed by atoms with Crippen LogP contribution in [0.3, 0.4) is 0 Å². The molecule has 3 aromatic rings. The molecule has 4 heteroatoms. The molecule has 1 heterocycles. The molecule has 0 aliphatic rings. The quantitative estimate of drug-likeness (QED) is 0.666. The number of aromatic nitrogens is 2. The third-order valence-corrected chi connectivity index (χ3v) is 3.75. The molecule has 0 aliphatic carbocycles. The first-order valence-corrected chi connectivity index (χ1v) is 7.45. The Hall–Kier alpha value is -1.69. The fourth-order valence-corrected chi connectivity index (χ4v) is 2.80. The van der Waals surface area contributed by atoms with E-state index in [2.05, 4.69) is 82.1 Å². The second kappa shape index (κ2) is 5.36. The van der Waals surface area contributed by atoms with E-state index in [0.717, 1.165) is 22.4 Å². The minimum absolute atomic E-state index is 0.846. The first-order valence-electron chi connectivity index (χ1n) is 6.37. The molecular formula is C16H14IN3. The van der Waals surface area contributed by atoms with Gasteiger partial charge in [0.25, 0.3) is 0 Å².